The molecule has 0 aromatic rings. The van der Waals surface area contributed by atoms with Crippen LogP contribution in [-0.2, 0) is 9.59 Å². The number of amides is 1. The van der Waals surface area contributed by atoms with Crippen LogP contribution in [0.15, 0.2) is 0 Å². The highest BCUT2D eigenvalue weighted by atomic mass is 16.4. The van der Waals surface area contributed by atoms with Gasteiger partial charge in [-0.1, -0.05) is 20.8 Å². The van der Waals surface area contributed by atoms with Crippen LogP contribution in [0.2, 0.25) is 0 Å². The van der Waals surface area contributed by atoms with Crippen molar-refractivity contribution in [3.8, 4) is 0 Å². The molecule has 0 spiro atoms. The van der Waals surface area contributed by atoms with E-state index in [1.807, 2.05) is 0 Å². The fourth-order valence-corrected chi connectivity index (χ4v) is 2.90. The average Bonchev–Trinajstić information content (AvgIpc) is 2.36. The Bertz CT molecular complexity index is 351. The molecule has 20 heavy (non-hydrogen) atoms. The van der Waals surface area contributed by atoms with Gasteiger partial charge in [0, 0.05) is 12.0 Å². The second kappa shape index (κ2) is 6.59. The summed E-state index contributed by atoms with van der Waals surface area (Å²) in [5.74, 6) is -0.656. The molecule has 4 nitrogen and oxygen atoms in total. The third kappa shape index (κ3) is 4.50. The maximum Gasteiger partial charge on any atom is 0.308 e. The van der Waals surface area contributed by atoms with Gasteiger partial charge in [0.25, 0.3) is 0 Å². The quantitative estimate of drug-likeness (QED) is 0.833. The van der Waals surface area contributed by atoms with Gasteiger partial charge in [0.2, 0.25) is 5.91 Å². The summed E-state index contributed by atoms with van der Waals surface area (Å²) in [6.07, 6.45) is 4.01. The fraction of sp³-hybridized carbons (Fsp3) is 0.875. The van der Waals surface area contributed by atoms with E-state index in [2.05, 4.69) is 26.1 Å². The number of carbonyl (C=O) groups is 2. The highest BCUT2D eigenvalue weighted by Crippen LogP contribution is 2.39. The molecule has 1 aliphatic rings. The highest BCUT2D eigenvalue weighted by molar-refractivity contribution is 5.80. The van der Waals surface area contributed by atoms with Crippen LogP contribution in [-0.4, -0.2) is 23.0 Å². The second-order valence-electron chi connectivity index (χ2n) is 7.34. The van der Waals surface area contributed by atoms with E-state index in [1.54, 1.807) is 13.8 Å². The normalized spacial score (nSPS) is 26.6. The largest absolute Gasteiger partial charge is 0.481 e. The van der Waals surface area contributed by atoms with Crippen molar-refractivity contribution in [1.82, 2.24) is 5.32 Å². The zero-order chi connectivity index (χ0) is 15.5. The van der Waals surface area contributed by atoms with E-state index in [0.29, 0.717) is 11.3 Å². The van der Waals surface area contributed by atoms with Crippen LogP contribution in [0, 0.1) is 23.2 Å². The van der Waals surface area contributed by atoms with E-state index in [0.717, 1.165) is 25.7 Å². The minimum atomic E-state index is -0.866. The summed E-state index contributed by atoms with van der Waals surface area (Å²) in [6.45, 7) is 10.2. The number of nitrogens with one attached hydrogen (secondary N) is 1. The van der Waals surface area contributed by atoms with Crippen molar-refractivity contribution in [3.05, 3.63) is 0 Å². The Morgan fingerprint density at radius 3 is 2.00 bits per heavy atom. The first-order valence-electron chi connectivity index (χ1n) is 7.66. The van der Waals surface area contributed by atoms with E-state index in [-0.39, 0.29) is 17.9 Å². The van der Waals surface area contributed by atoms with Crippen LogP contribution in [0.3, 0.4) is 0 Å². The Hall–Kier alpha value is -1.06. The molecule has 1 fully saturated rings. The highest BCUT2D eigenvalue weighted by Gasteiger charge is 2.33. The first kappa shape index (κ1) is 17.0. The molecule has 0 radical (unpaired) electrons. The monoisotopic (exact) mass is 283 g/mol. The van der Waals surface area contributed by atoms with Gasteiger partial charge < -0.3 is 10.4 Å². The summed E-state index contributed by atoms with van der Waals surface area (Å²) in [4.78, 5) is 23.1. The van der Waals surface area contributed by atoms with Crippen molar-refractivity contribution in [2.24, 2.45) is 23.2 Å². The topological polar surface area (TPSA) is 66.4 Å². The smallest absolute Gasteiger partial charge is 0.308 e. The number of hydrogen-bond donors (Lipinski definition) is 2. The van der Waals surface area contributed by atoms with E-state index in [4.69, 9.17) is 5.11 Å². The van der Waals surface area contributed by atoms with Gasteiger partial charge in [-0.15, -0.1) is 0 Å². The lowest BCUT2D eigenvalue weighted by Crippen LogP contribution is -2.44. The van der Waals surface area contributed by atoms with E-state index in [9.17, 15) is 9.59 Å². The number of carbonyl (C=O) groups excluding carboxylic acids is 1. The van der Waals surface area contributed by atoms with Crippen molar-refractivity contribution in [2.75, 3.05) is 0 Å². The van der Waals surface area contributed by atoms with Crippen LogP contribution in [0.5, 0.6) is 0 Å². The third-order valence-electron chi connectivity index (χ3n) is 4.83. The molecule has 2 unspecified atom stereocenters. The van der Waals surface area contributed by atoms with Gasteiger partial charge in [0.05, 0.1) is 5.92 Å². The lowest BCUT2D eigenvalue weighted by atomic mass is 9.69. The first-order valence-corrected chi connectivity index (χ1v) is 7.66. The molecule has 116 valence electrons. The van der Waals surface area contributed by atoms with E-state index >= 15 is 0 Å². The Morgan fingerprint density at radius 1 is 1.10 bits per heavy atom. The summed E-state index contributed by atoms with van der Waals surface area (Å²) >= 11 is 0. The molecule has 1 rings (SSSR count). The SMILES string of the molecule is CC(NC(=O)C1CCC(C(C)(C)C)CC1)C(C)C(=O)O. The molecule has 1 aliphatic carbocycles. The van der Waals surface area contributed by atoms with Crippen molar-refractivity contribution in [2.45, 2.75) is 66.3 Å². The zero-order valence-corrected chi connectivity index (χ0v) is 13.4. The Labute approximate surface area is 122 Å². The van der Waals surface area contributed by atoms with Gasteiger partial charge in [-0.05, 0) is 50.9 Å². The van der Waals surface area contributed by atoms with Gasteiger partial charge >= 0.3 is 5.97 Å². The van der Waals surface area contributed by atoms with Crippen LogP contribution in [0.4, 0.5) is 0 Å². The standard InChI is InChI=1S/C16H29NO3/c1-10(15(19)20)11(2)17-14(18)12-6-8-13(9-7-12)16(3,4)5/h10-13H,6-9H2,1-5H3,(H,17,18)(H,19,20). The van der Waals surface area contributed by atoms with Gasteiger partial charge in [-0.3, -0.25) is 9.59 Å². The van der Waals surface area contributed by atoms with Crippen LogP contribution < -0.4 is 5.32 Å². The van der Waals surface area contributed by atoms with Crippen molar-refractivity contribution in [3.63, 3.8) is 0 Å². The predicted octanol–water partition coefficient (Wildman–Crippen LogP) is 3.06. The van der Waals surface area contributed by atoms with Crippen molar-refractivity contribution in [1.29, 1.82) is 0 Å². The maximum atomic E-state index is 12.2. The Morgan fingerprint density at radius 2 is 1.60 bits per heavy atom. The zero-order valence-electron chi connectivity index (χ0n) is 13.4. The number of rotatable bonds is 4. The second-order valence-corrected chi connectivity index (χ2v) is 7.34. The van der Waals surface area contributed by atoms with Crippen LogP contribution >= 0.6 is 0 Å². The lowest BCUT2D eigenvalue weighted by molar-refractivity contribution is -0.142. The summed E-state index contributed by atoms with van der Waals surface area (Å²) in [6, 6.07) is -0.319. The summed E-state index contributed by atoms with van der Waals surface area (Å²) in [5, 5.41) is 11.8. The molecular weight excluding hydrogens is 254 g/mol. The summed E-state index contributed by atoms with van der Waals surface area (Å²) < 4.78 is 0. The molecular formula is C16H29NO3. The van der Waals surface area contributed by atoms with Crippen LogP contribution in [0.25, 0.3) is 0 Å². The van der Waals surface area contributed by atoms with Gasteiger partial charge in [-0.2, -0.15) is 0 Å². The summed E-state index contributed by atoms with van der Waals surface area (Å²) in [5.41, 5.74) is 0.312. The van der Waals surface area contributed by atoms with Gasteiger partial charge in [-0.25, -0.2) is 0 Å². The van der Waals surface area contributed by atoms with Crippen LogP contribution in [0.1, 0.15) is 60.3 Å². The number of aliphatic carboxylic acids is 1. The van der Waals surface area contributed by atoms with Gasteiger partial charge in [0.1, 0.15) is 0 Å². The maximum absolute atomic E-state index is 12.2. The molecule has 1 saturated carbocycles. The minimum Gasteiger partial charge on any atom is -0.481 e. The van der Waals surface area contributed by atoms with Gasteiger partial charge in [0.15, 0.2) is 0 Å². The minimum absolute atomic E-state index is 0.0259. The van der Waals surface area contributed by atoms with E-state index < -0.39 is 11.9 Å². The predicted molar refractivity (Wildman–Crippen MR) is 79.3 cm³/mol. The molecule has 0 bridgehead atoms. The molecule has 2 atom stereocenters. The molecule has 0 aromatic carbocycles. The molecule has 0 heterocycles. The fourth-order valence-electron chi connectivity index (χ4n) is 2.90. The number of hydrogen-bond acceptors (Lipinski definition) is 2. The van der Waals surface area contributed by atoms with E-state index in [1.165, 1.54) is 0 Å². The molecule has 2 N–H and O–H groups in total. The molecule has 0 saturated heterocycles. The molecule has 1 amide bonds. The van der Waals surface area contributed by atoms with Crippen molar-refractivity contribution < 1.29 is 14.7 Å². The number of carboxylic acids is 1. The first-order chi connectivity index (χ1) is 9.12. The average molecular weight is 283 g/mol. The molecule has 0 aliphatic heterocycles. The molecule has 0 aromatic heterocycles. The Balaban J connectivity index is 2.45. The third-order valence-corrected chi connectivity index (χ3v) is 4.83. The number of carboxylic acid groups (broad SMARTS) is 1. The summed E-state index contributed by atoms with van der Waals surface area (Å²) in [7, 11) is 0. The molecule has 4 heteroatoms. The Kier molecular flexibility index (Phi) is 5.60. The lowest BCUT2D eigenvalue weighted by Gasteiger charge is -2.36. The van der Waals surface area contributed by atoms with Crippen molar-refractivity contribution >= 4 is 11.9 Å².